The fraction of sp³-hybridized carbons (Fsp3) is 0.826. The fourth-order valence-electron chi connectivity index (χ4n) is 3.18. The summed E-state index contributed by atoms with van der Waals surface area (Å²) in [6.45, 7) is 10.1. The van der Waals surface area contributed by atoms with E-state index in [4.69, 9.17) is 0 Å². The highest BCUT2D eigenvalue weighted by atomic mass is 14.1. The average Bonchev–Trinajstić information content (AvgIpc) is 2.57. The average molecular weight is 321 g/mol. The third-order valence-corrected chi connectivity index (χ3v) is 4.95. The van der Waals surface area contributed by atoms with E-state index in [-0.39, 0.29) is 0 Å². The first-order chi connectivity index (χ1) is 11.3. The molecule has 0 bridgehead atoms. The van der Waals surface area contributed by atoms with E-state index in [0.29, 0.717) is 0 Å². The molecule has 0 nitrogen and oxygen atoms in total. The molecule has 0 rings (SSSR count). The second kappa shape index (κ2) is 19.8. The molecule has 0 aliphatic carbocycles. The van der Waals surface area contributed by atoms with Crippen LogP contribution < -0.4 is 0 Å². The van der Waals surface area contributed by atoms with E-state index < -0.39 is 0 Å². The molecule has 0 aromatic carbocycles. The van der Waals surface area contributed by atoms with Gasteiger partial charge in [0.05, 0.1) is 0 Å². The van der Waals surface area contributed by atoms with Crippen LogP contribution >= 0.6 is 0 Å². The fourth-order valence-corrected chi connectivity index (χ4v) is 3.18. The van der Waals surface area contributed by atoms with Crippen LogP contribution in [0.1, 0.15) is 116 Å². The van der Waals surface area contributed by atoms with Crippen molar-refractivity contribution in [2.45, 2.75) is 116 Å². The molecule has 0 spiro atoms. The van der Waals surface area contributed by atoms with Gasteiger partial charge in [-0.25, -0.2) is 0 Å². The highest BCUT2D eigenvalue weighted by Crippen LogP contribution is 2.19. The SMILES string of the molecule is [CH2]CCC/C=C/CC(CC)CCCCCCCCCCCC[CH2]. The van der Waals surface area contributed by atoms with Gasteiger partial charge in [0.25, 0.3) is 0 Å². The molecule has 0 aromatic heterocycles. The van der Waals surface area contributed by atoms with Gasteiger partial charge in [-0.1, -0.05) is 123 Å². The zero-order chi connectivity index (χ0) is 17.0. The normalized spacial score (nSPS) is 13.0. The second-order valence-electron chi connectivity index (χ2n) is 7.15. The number of rotatable bonds is 18. The van der Waals surface area contributed by atoms with Crippen LogP contribution in [0.3, 0.4) is 0 Å². The van der Waals surface area contributed by atoms with Crippen molar-refractivity contribution in [3.05, 3.63) is 26.0 Å². The molecule has 0 saturated carbocycles. The van der Waals surface area contributed by atoms with Crippen molar-refractivity contribution in [2.24, 2.45) is 5.92 Å². The topological polar surface area (TPSA) is 0 Å². The smallest absolute Gasteiger partial charge is 0.0322 e. The van der Waals surface area contributed by atoms with Crippen molar-refractivity contribution in [1.82, 2.24) is 0 Å². The van der Waals surface area contributed by atoms with Crippen molar-refractivity contribution in [3.8, 4) is 0 Å². The van der Waals surface area contributed by atoms with Gasteiger partial charge in [0.1, 0.15) is 0 Å². The number of unbranched alkanes of at least 4 members (excludes halogenated alkanes) is 12. The lowest BCUT2D eigenvalue weighted by molar-refractivity contribution is 0.440. The molecule has 1 unspecified atom stereocenters. The molecule has 0 saturated heterocycles. The second-order valence-corrected chi connectivity index (χ2v) is 7.15. The van der Waals surface area contributed by atoms with E-state index in [0.717, 1.165) is 18.8 Å². The van der Waals surface area contributed by atoms with Crippen LogP contribution in [-0.4, -0.2) is 0 Å². The van der Waals surface area contributed by atoms with E-state index in [1.807, 2.05) is 0 Å². The predicted octanol–water partition coefficient (Wildman–Crippen LogP) is 8.48. The third-order valence-electron chi connectivity index (χ3n) is 4.95. The third kappa shape index (κ3) is 17.9. The Hall–Kier alpha value is -0.260. The van der Waals surface area contributed by atoms with Gasteiger partial charge >= 0.3 is 0 Å². The summed E-state index contributed by atoms with van der Waals surface area (Å²) in [6, 6.07) is 0. The van der Waals surface area contributed by atoms with Crippen LogP contribution in [0.25, 0.3) is 0 Å². The quantitative estimate of drug-likeness (QED) is 0.175. The summed E-state index contributed by atoms with van der Waals surface area (Å²) in [5.74, 6) is 0.916. The van der Waals surface area contributed by atoms with Crippen LogP contribution in [0.15, 0.2) is 12.2 Å². The summed E-state index contributed by atoms with van der Waals surface area (Å²) >= 11 is 0. The van der Waals surface area contributed by atoms with E-state index in [1.54, 1.807) is 0 Å². The Kier molecular flexibility index (Phi) is 19.6. The molecule has 23 heavy (non-hydrogen) atoms. The minimum atomic E-state index is 0.916. The van der Waals surface area contributed by atoms with Gasteiger partial charge < -0.3 is 0 Å². The van der Waals surface area contributed by atoms with E-state index in [1.165, 1.54) is 96.3 Å². The highest BCUT2D eigenvalue weighted by Gasteiger charge is 2.03. The zero-order valence-electron chi connectivity index (χ0n) is 16.2. The Bertz CT molecular complexity index is 228. The van der Waals surface area contributed by atoms with Crippen LogP contribution in [-0.2, 0) is 0 Å². The standard InChI is InChI=1S/C23H44/c1-4-7-9-11-12-13-14-15-16-18-20-22-23(6-3)21-19-17-10-8-5-2/h17,19,23H,1-2,4-16,18,20-22H2,3H3/b19-17+. The van der Waals surface area contributed by atoms with Crippen molar-refractivity contribution >= 4 is 0 Å². The summed E-state index contributed by atoms with van der Waals surface area (Å²) in [5, 5.41) is 0. The lowest BCUT2D eigenvalue weighted by Gasteiger charge is -2.12. The van der Waals surface area contributed by atoms with E-state index in [2.05, 4.69) is 32.9 Å². The van der Waals surface area contributed by atoms with E-state index >= 15 is 0 Å². The van der Waals surface area contributed by atoms with Crippen LogP contribution in [0.2, 0.25) is 0 Å². The molecule has 0 heteroatoms. The van der Waals surface area contributed by atoms with Gasteiger partial charge in [0, 0.05) is 0 Å². The Morgan fingerprint density at radius 2 is 1.17 bits per heavy atom. The Labute approximate surface area is 148 Å². The molecule has 0 aromatic rings. The molecule has 0 N–H and O–H groups in total. The van der Waals surface area contributed by atoms with Crippen LogP contribution in [0.4, 0.5) is 0 Å². The van der Waals surface area contributed by atoms with Gasteiger partial charge in [-0.15, -0.1) is 0 Å². The first-order valence-electron chi connectivity index (χ1n) is 10.6. The number of hydrogen-bond donors (Lipinski definition) is 0. The molecule has 1 atom stereocenters. The molecule has 0 aliphatic heterocycles. The highest BCUT2D eigenvalue weighted by molar-refractivity contribution is 4.83. The largest absolute Gasteiger partial charge is 0.0885 e. The number of allylic oxidation sites excluding steroid dienone is 2. The molecular weight excluding hydrogens is 276 g/mol. The summed E-state index contributed by atoms with van der Waals surface area (Å²) in [4.78, 5) is 0. The van der Waals surface area contributed by atoms with Crippen molar-refractivity contribution in [2.75, 3.05) is 0 Å². The van der Waals surface area contributed by atoms with Gasteiger partial charge in [0.15, 0.2) is 0 Å². The minimum absolute atomic E-state index is 0.916. The Balaban J connectivity index is 3.32. The summed E-state index contributed by atoms with van der Waals surface area (Å²) in [6.07, 6.45) is 27.8. The van der Waals surface area contributed by atoms with Gasteiger partial charge in [0.2, 0.25) is 0 Å². The molecule has 0 fully saturated rings. The molecule has 0 amide bonds. The molecular formula is C23H44. The summed E-state index contributed by atoms with van der Waals surface area (Å²) in [7, 11) is 0. The van der Waals surface area contributed by atoms with Gasteiger partial charge in [-0.3, -0.25) is 0 Å². The maximum Gasteiger partial charge on any atom is -0.0322 e. The van der Waals surface area contributed by atoms with Gasteiger partial charge in [-0.05, 0) is 25.2 Å². The van der Waals surface area contributed by atoms with Crippen LogP contribution in [0, 0.1) is 19.8 Å². The van der Waals surface area contributed by atoms with Crippen molar-refractivity contribution in [1.29, 1.82) is 0 Å². The molecule has 2 radical (unpaired) electrons. The molecule has 0 heterocycles. The first kappa shape index (κ1) is 22.7. The maximum absolute atomic E-state index is 3.90. The Morgan fingerprint density at radius 3 is 1.70 bits per heavy atom. The van der Waals surface area contributed by atoms with Crippen molar-refractivity contribution in [3.63, 3.8) is 0 Å². The summed E-state index contributed by atoms with van der Waals surface area (Å²) < 4.78 is 0. The Morgan fingerprint density at radius 1 is 0.652 bits per heavy atom. The monoisotopic (exact) mass is 320 g/mol. The zero-order valence-corrected chi connectivity index (χ0v) is 16.2. The molecule has 136 valence electrons. The predicted molar refractivity (Wildman–Crippen MR) is 108 cm³/mol. The first-order valence-corrected chi connectivity index (χ1v) is 10.6. The van der Waals surface area contributed by atoms with Gasteiger partial charge in [-0.2, -0.15) is 0 Å². The summed E-state index contributed by atoms with van der Waals surface area (Å²) in [5.41, 5.74) is 0. The number of hydrogen-bond acceptors (Lipinski definition) is 0. The molecule has 0 aliphatic rings. The lowest BCUT2D eigenvalue weighted by atomic mass is 9.94. The van der Waals surface area contributed by atoms with Crippen molar-refractivity contribution < 1.29 is 0 Å². The lowest BCUT2D eigenvalue weighted by Crippen LogP contribution is -1.97. The van der Waals surface area contributed by atoms with Crippen LogP contribution in [0.5, 0.6) is 0 Å². The minimum Gasteiger partial charge on any atom is -0.0885 e. The maximum atomic E-state index is 3.90. The van der Waals surface area contributed by atoms with E-state index in [9.17, 15) is 0 Å².